The summed E-state index contributed by atoms with van der Waals surface area (Å²) >= 11 is 0. The van der Waals surface area contributed by atoms with Gasteiger partial charge < -0.3 is 8.92 Å². The number of alkyl halides is 3. The van der Waals surface area contributed by atoms with Crippen molar-refractivity contribution in [2.45, 2.75) is 25.3 Å². The van der Waals surface area contributed by atoms with Crippen LogP contribution >= 0.6 is 0 Å². The van der Waals surface area contributed by atoms with E-state index < -0.39 is 27.4 Å². The van der Waals surface area contributed by atoms with Crippen molar-refractivity contribution < 1.29 is 35.3 Å². The van der Waals surface area contributed by atoms with E-state index in [2.05, 4.69) is 8.92 Å². The molecule has 0 atom stereocenters. The second kappa shape index (κ2) is 5.89. The van der Waals surface area contributed by atoms with Crippen LogP contribution < -0.4 is 0 Å². The molecule has 0 aliphatic rings. The number of rotatable bonds is 5. The van der Waals surface area contributed by atoms with Gasteiger partial charge in [-0.05, 0) is 13.0 Å². The minimum absolute atomic E-state index is 0.274. The number of esters is 1. The zero-order valence-corrected chi connectivity index (χ0v) is 9.89. The van der Waals surface area contributed by atoms with Crippen LogP contribution in [0.1, 0.15) is 19.8 Å². The van der Waals surface area contributed by atoms with E-state index >= 15 is 0 Å². The predicted octanol–water partition coefficient (Wildman–Crippen LogP) is 1.71. The molecule has 0 aromatic heterocycles. The average Bonchev–Trinajstić information content (AvgIpc) is 2.21. The highest BCUT2D eigenvalue weighted by atomic mass is 32.2. The lowest BCUT2D eigenvalue weighted by Gasteiger charge is -2.11. The van der Waals surface area contributed by atoms with Crippen LogP contribution in [-0.2, 0) is 23.8 Å². The monoisotopic (exact) mass is 276 g/mol. The van der Waals surface area contributed by atoms with E-state index in [1.54, 1.807) is 0 Å². The quantitative estimate of drug-likeness (QED) is 0.331. The van der Waals surface area contributed by atoms with Gasteiger partial charge in [-0.15, -0.1) is 0 Å². The van der Waals surface area contributed by atoms with Gasteiger partial charge in [0.15, 0.2) is 0 Å². The second-order valence-corrected chi connectivity index (χ2v) is 4.35. The van der Waals surface area contributed by atoms with Gasteiger partial charge in [0.2, 0.25) is 0 Å². The lowest BCUT2D eigenvalue weighted by Crippen LogP contribution is -2.25. The first kappa shape index (κ1) is 15.8. The van der Waals surface area contributed by atoms with Crippen LogP contribution in [0.25, 0.3) is 0 Å². The Morgan fingerprint density at radius 1 is 1.29 bits per heavy atom. The van der Waals surface area contributed by atoms with Crippen molar-refractivity contribution in [1.82, 2.24) is 0 Å². The van der Waals surface area contributed by atoms with Crippen molar-refractivity contribution >= 4 is 16.1 Å². The number of allylic oxidation sites excluding steroid dienone is 2. The number of methoxy groups -OCH3 is 1. The van der Waals surface area contributed by atoms with Crippen LogP contribution in [0, 0.1) is 0 Å². The molecule has 0 fully saturated rings. The van der Waals surface area contributed by atoms with E-state index in [1.807, 2.05) is 0 Å². The number of ether oxygens (including phenoxy) is 1. The van der Waals surface area contributed by atoms with E-state index in [1.165, 1.54) is 6.92 Å². The summed E-state index contributed by atoms with van der Waals surface area (Å²) in [7, 11) is -4.58. The molecular weight excluding hydrogens is 265 g/mol. The Balaban J connectivity index is 4.60. The fourth-order valence-corrected chi connectivity index (χ4v) is 1.31. The maximum absolute atomic E-state index is 12.0. The summed E-state index contributed by atoms with van der Waals surface area (Å²) in [5.41, 5.74) is -5.49. The minimum atomic E-state index is -5.68. The summed E-state index contributed by atoms with van der Waals surface area (Å²) in [4.78, 5) is 10.7. The first-order chi connectivity index (χ1) is 7.64. The molecule has 0 bridgehead atoms. The van der Waals surface area contributed by atoms with E-state index in [-0.39, 0.29) is 12.8 Å². The molecule has 0 aliphatic heterocycles. The Bertz CT molecular complexity index is 396. The zero-order chi connectivity index (χ0) is 13.7. The normalized spacial score (nSPS) is 13.4. The number of hydrogen-bond donors (Lipinski definition) is 0. The topological polar surface area (TPSA) is 69.7 Å². The molecule has 0 saturated carbocycles. The molecule has 0 amide bonds. The predicted molar refractivity (Wildman–Crippen MR) is 51.1 cm³/mol. The summed E-state index contributed by atoms with van der Waals surface area (Å²) in [6, 6.07) is 0. The lowest BCUT2D eigenvalue weighted by atomic mass is 10.2. The third-order valence-corrected chi connectivity index (χ3v) is 2.63. The number of carbonyl (C=O) groups is 1. The highest BCUT2D eigenvalue weighted by Crippen LogP contribution is 2.27. The molecule has 17 heavy (non-hydrogen) atoms. The van der Waals surface area contributed by atoms with E-state index in [9.17, 15) is 26.4 Å². The van der Waals surface area contributed by atoms with Gasteiger partial charge in [-0.3, -0.25) is 4.79 Å². The Labute approximate surface area is 96.3 Å². The van der Waals surface area contributed by atoms with Gasteiger partial charge in [-0.1, -0.05) is 0 Å². The third kappa shape index (κ3) is 5.07. The molecule has 9 heteroatoms. The minimum Gasteiger partial charge on any atom is -0.469 e. The summed E-state index contributed by atoms with van der Waals surface area (Å²) in [6.07, 6.45) is 0.467. The van der Waals surface area contributed by atoms with E-state index in [0.29, 0.717) is 0 Å². The Morgan fingerprint density at radius 3 is 2.18 bits per heavy atom. The lowest BCUT2D eigenvalue weighted by molar-refractivity contribution is -0.140. The summed E-state index contributed by atoms with van der Waals surface area (Å²) in [6.45, 7) is 1.29. The average molecular weight is 276 g/mol. The summed E-state index contributed by atoms with van der Waals surface area (Å²) < 4.78 is 65.2. The molecule has 0 spiro atoms. The Kier molecular flexibility index (Phi) is 5.46. The SMILES string of the molecule is C/C=C(\CCC(=O)OC)OS(=O)(=O)C(F)(F)F. The van der Waals surface area contributed by atoms with E-state index in [4.69, 9.17) is 0 Å². The fraction of sp³-hybridized carbons (Fsp3) is 0.625. The molecule has 0 rings (SSSR count). The molecule has 0 saturated heterocycles. The van der Waals surface area contributed by atoms with Crippen molar-refractivity contribution in [3.8, 4) is 0 Å². The van der Waals surface area contributed by atoms with Gasteiger partial charge in [-0.2, -0.15) is 21.6 Å². The molecular formula is C8H11F3O5S. The summed E-state index contributed by atoms with van der Waals surface area (Å²) in [5, 5.41) is 0. The van der Waals surface area contributed by atoms with Crippen LogP contribution in [0.15, 0.2) is 11.8 Å². The maximum atomic E-state index is 12.0. The van der Waals surface area contributed by atoms with E-state index in [0.717, 1.165) is 13.2 Å². The van der Waals surface area contributed by atoms with Gasteiger partial charge in [0.05, 0.1) is 13.5 Å². The molecule has 0 aliphatic carbocycles. The molecule has 0 aromatic rings. The molecule has 0 N–H and O–H groups in total. The van der Waals surface area contributed by atoms with Crippen molar-refractivity contribution in [2.24, 2.45) is 0 Å². The van der Waals surface area contributed by atoms with Gasteiger partial charge in [-0.25, -0.2) is 0 Å². The molecule has 0 radical (unpaired) electrons. The highest BCUT2D eigenvalue weighted by Gasteiger charge is 2.48. The number of carbonyl (C=O) groups excluding carboxylic acids is 1. The first-order valence-electron chi connectivity index (χ1n) is 4.36. The number of hydrogen-bond acceptors (Lipinski definition) is 5. The summed E-state index contributed by atoms with van der Waals surface area (Å²) in [5.74, 6) is -1.15. The first-order valence-corrected chi connectivity index (χ1v) is 5.77. The van der Waals surface area contributed by atoms with Crippen molar-refractivity contribution in [1.29, 1.82) is 0 Å². The third-order valence-electron chi connectivity index (χ3n) is 1.63. The van der Waals surface area contributed by atoms with Crippen LogP contribution in [0.2, 0.25) is 0 Å². The number of halogens is 3. The zero-order valence-electron chi connectivity index (χ0n) is 9.07. The largest absolute Gasteiger partial charge is 0.534 e. The van der Waals surface area contributed by atoms with Gasteiger partial charge in [0, 0.05) is 6.42 Å². The van der Waals surface area contributed by atoms with Crippen molar-refractivity contribution in [3.63, 3.8) is 0 Å². The molecule has 0 aromatic carbocycles. The molecule has 0 unspecified atom stereocenters. The smallest absolute Gasteiger partial charge is 0.469 e. The Morgan fingerprint density at radius 2 is 1.82 bits per heavy atom. The van der Waals surface area contributed by atoms with Gasteiger partial charge in [0.1, 0.15) is 5.76 Å². The molecule has 100 valence electrons. The van der Waals surface area contributed by atoms with Crippen LogP contribution in [0.5, 0.6) is 0 Å². The van der Waals surface area contributed by atoms with Crippen LogP contribution in [0.3, 0.4) is 0 Å². The van der Waals surface area contributed by atoms with Gasteiger partial charge >= 0.3 is 21.6 Å². The fourth-order valence-electron chi connectivity index (χ4n) is 0.750. The van der Waals surface area contributed by atoms with Crippen molar-refractivity contribution in [3.05, 3.63) is 11.8 Å². The van der Waals surface area contributed by atoms with Gasteiger partial charge in [0.25, 0.3) is 0 Å². The van der Waals surface area contributed by atoms with Crippen molar-refractivity contribution in [2.75, 3.05) is 7.11 Å². The highest BCUT2D eigenvalue weighted by molar-refractivity contribution is 7.87. The Hall–Kier alpha value is -1.25. The second-order valence-electron chi connectivity index (χ2n) is 2.81. The molecule has 5 nitrogen and oxygen atoms in total. The molecule has 0 heterocycles. The van der Waals surface area contributed by atoms with Crippen LogP contribution in [0.4, 0.5) is 13.2 Å². The van der Waals surface area contributed by atoms with Crippen LogP contribution in [-0.4, -0.2) is 27.0 Å². The maximum Gasteiger partial charge on any atom is 0.534 e. The standard InChI is InChI=1S/C8H11F3O5S/c1-3-6(4-5-7(12)15-2)16-17(13,14)8(9,10)11/h3H,4-5H2,1-2H3/b6-3+.